The minimum atomic E-state index is -0.662. The number of hydrazine groups is 1. The van der Waals surface area contributed by atoms with Crippen molar-refractivity contribution in [1.82, 2.24) is 10.9 Å². The third-order valence-corrected chi connectivity index (χ3v) is 2.20. The zero-order valence-corrected chi connectivity index (χ0v) is 8.14. The maximum atomic E-state index is 10.9. The summed E-state index contributed by atoms with van der Waals surface area (Å²) >= 11 is 0. The molecule has 0 radical (unpaired) electrons. The molecular formula is C6H13N2O3P. The Bertz CT molecular complexity index is 163. The summed E-state index contributed by atoms with van der Waals surface area (Å²) in [6.45, 7) is 1.99. The zero-order chi connectivity index (χ0) is 9.40. The minimum absolute atomic E-state index is 0.178. The first-order valence-electron chi connectivity index (χ1n) is 3.58. The van der Waals surface area contributed by atoms with Crippen LogP contribution in [0.2, 0.25) is 0 Å². The molecule has 0 heterocycles. The lowest BCUT2D eigenvalue weighted by Crippen LogP contribution is -2.39. The van der Waals surface area contributed by atoms with Crippen LogP contribution in [0, 0.1) is 0 Å². The number of hydrogen-bond donors (Lipinski definition) is 2. The predicted molar refractivity (Wildman–Crippen MR) is 47.5 cm³/mol. The second kappa shape index (κ2) is 6.85. The van der Waals surface area contributed by atoms with Gasteiger partial charge in [0, 0.05) is 0 Å². The molecule has 6 heteroatoms. The number of carbonyl (C=O) groups excluding carboxylic acids is 2. The van der Waals surface area contributed by atoms with Gasteiger partial charge >= 0.3 is 6.09 Å². The first-order valence-corrected chi connectivity index (χ1v) is 4.79. The molecule has 2 N–H and O–H groups in total. The van der Waals surface area contributed by atoms with Gasteiger partial charge in [-0.25, -0.2) is 10.2 Å². The minimum Gasteiger partial charge on any atom is -0.452 e. The molecule has 0 aromatic carbocycles. The molecule has 5 nitrogen and oxygen atoms in total. The molecule has 0 saturated carbocycles. The van der Waals surface area contributed by atoms with Gasteiger partial charge in [0.25, 0.3) is 5.65 Å². The lowest BCUT2D eigenvalue weighted by molar-refractivity contribution is 0.166. The molecule has 2 amide bonds. The van der Waals surface area contributed by atoms with Crippen molar-refractivity contribution in [2.45, 2.75) is 13.3 Å². The topological polar surface area (TPSA) is 67.4 Å². The fraction of sp³-hybridized carbons (Fsp3) is 0.667. The van der Waals surface area contributed by atoms with Crippen LogP contribution >= 0.6 is 8.58 Å². The SMILES string of the molecule is CCCPC(=O)NNC(=O)OC. The molecule has 0 aliphatic carbocycles. The summed E-state index contributed by atoms with van der Waals surface area (Å²) in [5.41, 5.74) is 4.13. The third-order valence-electron chi connectivity index (χ3n) is 0.999. The number of hydrogen-bond acceptors (Lipinski definition) is 3. The van der Waals surface area contributed by atoms with E-state index < -0.39 is 6.09 Å². The molecule has 1 atom stereocenters. The van der Waals surface area contributed by atoms with Crippen molar-refractivity contribution in [3.63, 3.8) is 0 Å². The Labute approximate surface area is 73.0 Å². The molecule has 0 aliphatic heterocycles. The number of rotatable bonds is 3. The number of nitrogens with one attached hydrogen (secondary N) is 2. The molecule has 1 unspecified atom stereocenters. The van der Waals surface area contributed by atoms with Crippen LogP contribution in [0.4, 0.5) is 9.59 Å². The summed E-state index contributed by atoms with van der Waals surface area (Å²) in [6, 6.07) is 0. The van der Waals surface area contributed by atoms with Gasteiger partial charge in [0.1, 0.15) is 0 Å². The van der Waals surface area contributed by atoms with Crippen molar-refractivity contribution in [2.24, 2.45) is 0 Å². The van der Waals surface area contributed by atoms with Gasteiger partial charge in [-0.15, -0.1) is 0 Å². The summed E-state index contributed by atoms with van der Waals surface area (Å²) in [4.78, 5) is 21.3. The Hall–Kier alpha value is -0.830. The van der Waals surface area contributed by atoms with Gasteiger partial charge in [-0.2, -0.15) is 0 Å². The van der Waals surface area contributed by atoms with Crippen LogP contribution in [-0.2, 0) is 4.74 Å². The fourth-order valence-corrected chi connectivity index (χ4v) is 1.07. The average molecular weight is 192 g/mol. The van der Waals surface area contributed by atoms with E-state index in [9.17, 15) is 9.59 Å². The van der Waals surface area contributed by atoms with Crippen LogP contribution in [0.5, 0.6) is 0 Å². The summed E-state index contributed by atoms with van der Waals surface area (Å²) < 4.78 is 4.24. The third kappa shape index (κ3) is 5.92. The zero-order valence-electron chi connectivity index (χ0n) is 7.14. The van der Waals surface area contributed by atoms with Crippen LogP contribution in [-0.4, -0.2) is 25.0 Å². The van der Waals surface area contributed by atoms with Crippen LogP contribution in [0.3, 0.4) is 0 Å². The predicted octanol–water partition coefficient (Wildman–Crippen LogP) is 1.06. The largest absolute Gasteiger partial charge is 0.452 e. The van der Waals surface area contributed by atoms with E-state index in [0.29, 0.717) is 0 Å². The summed E-state index contributed by atoms with van der Waals surface area (Å²) in [5.74, 6) is 0. The molecule has 0 aromatic rings. The number of amides is 2. The average Bonchev–Trinajstić information content (AvgIpc) is 2.10. The van der Waals surface area contributed by atoms with E-state index in [2.05, 4.69) is 15.6 Å². The van der Waals surface area contributed by atoms with Gasteiger partial charge in [-0.3, -0.25) is 10.2 Å². The first kappa shape index (κ1) is 11.2. The lowest BCUT2D eigenvalue weighted by Gasteiger charge is -2.04. The van der Waals surface area contributed by atoms with Crippen molar-refractivity contribution < 1.29 is 14.3 Å². The standard InChI is InChI=1S/C6H13N2O3P/c1-3-4-12-6(10)8-7-5(9)11-2/h12H,3-4H2,1-2H3,(H,7,9)(H,8,10). The van der Waals surface area contributed by atoms with Crippen molar-refractivity contribution in [3.05, 3.63) is 0 Å². The van der Waals surface area contributed by atoms with Crippen LogP contribution in [0.1, 0.15) is 13.3 Å². The number of methoxy groups -OCH3 is 1. The van der Waals surface area contributed by atoms with Crippen molar-refractivity contribution in [3.8, 4) is 0 Å². The molecule has 0 aromatic heterocycles. The van der Waals surface area contributed by atoms with E-state index in [-0.39, 0.29) is 14.2 Å². The smallest absolute Gasteiger partial charge is 0.425 e. The van der Waals surface area contributed by atoms with E-state index in [4.69, 9.17) is 0 Å². The Balaban J connectivity index is 3.37. The molecule has 0 saturated heterocycles. The van der Waals surface area contributed by atoms with Crippen LogP contribution in [0.25, 0.3) is 0 Å². The van der Waals surface area contributed by atoms with Gasteiger partial charge in [-0.1, -0.05) is 13.3 Å². The molecule has 0 fully saturated rings. The normalized spacial score (nSPS) is 9.83. The van der Waals surface area contributed by atoms with E-state index in [1.165, 1.54) is 7.11 Å². The van der Waals surface area contributed by atoms with Gasteiger partial charge in [0.05, 0.1) is 7.11 Å². The van der Waals surface area contributed by atoms with Crippen molar-refractivity contribution >= 4 is 20.3 Å². The molecule has 70 valence electrons. The maximum absolute atomic E-state index is 10.9. The Kier molecular flexibility index (Phi) is 6.38. The molecular weight excluding hydrogens is 179 g/mol. The van der Waals surface area contributed by atoms with Crippen LogP contribution < -0.4 is 10.9 Å². The number of carbonyl (C=O) groups is 2. The molecule has 0 rings (SSSR count). The first-order chi connectivity index (χ1) is 5.70. The molecule has 0 aliphatic rings. The second-order valence-corrected chi connectivity index (χ2v) is 3.31. The van der Waals surface area contributed by atoms with E-state index in [0.717, 1.165) is 12.6 Å². The van der Waals surface area contributed by atoms with Gasteiger partial charge in [-0.05, 0) is 14.7 Å². The maximum Gasteiger partial charge on any atom is 0.425 e. The summed E-state index contributed by atoms with van der Waals surface area (Å²) in [6.07, 6.45) is 1.14. The Morgan fingerprint density at radius 1 is 1.42 bits per heavy atom. The van der Waals surface area contributed by atoms with E-state index in [1.54, 1.807) is 0 Å². The molecule has 12 heavy (non-hydrogen) atoms. The Morgan fingerprint density at radius 2 is 2.08 bits per heavy atom. The fourth-order valence-electron chi connectivity index (χ4n) is 0.442. The molecule has 0 bridgehead atoms. The monoisotopic (exact) mass is 192 g/mol. The highest BCUT2D eigenvalue weighted by molar-refractivity contribution is 7.57. The quantitative estimate of drug-likeness (QED) is 0.518. The molecule has 0 spiro atoms. The second-order valence-electron chi connectivity index (χ2n) is 2.00. The van der Waals surface area contributed by atoms with Crippen molar-refractivity contribution in [1.29, 1.82) is 0 Å². The highest BCUT2D eigenvalue weighted by Gasteiger charge is 2.01. The van der Waals surface area contributed by atoms with E-state index >= 15 is 0 Å². The van der Waals surface area contributed by atoms with Crippen molar-refractivity contribution in [2.75, 3.05) is 13.3 Å². The number of ether oxygens (including phenoxy) is 1. The summed E-state index contributed by atoms with van der Waals surface area (Å²) in [5, 5.41) is 0. The van der Waals surface area contributed by atoms with Gasteiger partial charge in [0.2, 0.25) is 0 Å². The van der Waals surface area contributed by atoms with Crippen LogP contribution in [0.15, 0.2) is 0 Å². The lowest BCUT2D eigenvalue weighted by atomic mass is 10.6. The highest BCUT2D eigenvalue weighted by atomic mass is 31.1. The van der Waals surface area contributed by atoms with E-state index in [1.807, 2.05) is 6.92 Å². The Morgan fingerprint density at radius 3 is 2.58 bits per heavy atom. The summed E-state index contributed by atoms with van der Waals surface area (Å²) in [7, 11) is 1.42. The van der Waals surface area contributed by atoms with Gasteiger partial charge in [0.15, 0.2) is 0 Å². The van der Waals surface area contributed by atoms with Gasteiger partial charge < -0.3 is 4.74 Å². The highest BCUT2D eigenvalue weighted by Crippen LogP contribution is 2.10.